The highest BCUT2D eigenvalue weighted by Crippen LogP contribution is 2.27. The van der Waals surface area contributed by atoms with E-state index in [-0.39, 0.29) is 11.9 Å². The predicted octanol–water partition coefficient (Wildman–Crippen LogP) is 6.78. The maximum absolute atomic E-state index is 13.5. The molecule has 1 N–H and O–H groups in total. The van der Waals surface area contributed by atoms with E-state index in [0.29, 0.717) is 5.57 Å². The molecule has 0 aliphatic heterocycles. The first kappa shape index (κ1) is 25.5. The van der Waals surface area contributed by atoms with Gasteiger partial charge < -0.3 is 5.32 Å². The second-order valence-electron chi connectivity index (χ2n) is 8.30. The zero-order valence-electron chi connectivity index (χ0n) is 20.9. The molecule has 0 bridgehead atoms. The summed E-state index contributed by atoms with van der Waals surface area (Å²) < 4.78 is 1.91. The Morgan fingerprint density at radius 3 is 2.56 bits per heavy atom. The Kier molecular flexibility index (Phi) is 8.88. The number of rotatable bonds is 9. The summed E-state index contributed by atoms with van der Waals surface area (Å²) in [5.41, 5.74) is 6.79. The Hall–Kier alpha value is -3.12. The first-order valence-corrected chi connectivity index (χ1v) is 12.9. The fourth-order valence-electron chi connectivity index (χ4n) is 3.75. The summed E-state index contributed by atoms with van der Waals surface area (Å²) >= 11 is 1.60. The van der Waals surface area contributed by atoms with E-state index < -0.39 is 0 Å². The molecule has 0 fully saturated rings. The van der Waals surface area contributed by atoms with E-state index in [9.17, 15) is 4.79 Å². The minimum Gasteiger partial charge on any atom is -0.345 e. The van der Waals surface area contributed by atoms with E-state index in [1.807, 2.05) is 36.1 Å². The van der Waals surface area contributed by atoms with Gasteiger partial charge >= 0.3 is 0 Å². The number of allylic oxidation sites excluding steroid dienone is 2. The Morgan fingerprint density at radius 2 is 1.94 bits per heavy atom. The van der Waals surface area contributed by atoms with Crippen molar-refractivity contribution < 1.29 is 4.79 Å². The van der Waals surface area contributed by atoms with Crippen LogP contribution in [0, 0.1) is 6.92 Å². The van der Waals surface area contributed by atoms with Crippen LogP contribution < -0.4 is 5.32 Å². The van der Waals surface area contributed by atoms with Crippen LogP contribution in [0.4, 0.5) is 0 Å². The summed E-state index contributed by atoms with van der Waals surface area (Å²) in [7, 11) is 0. The summed E-state index contributed by atoms with van der Waals surface area (Å²) in [5, 5.41) is 8.85. The first-order valence-electron chi connectivity index (χ1n) is 11.7. The average molecular weight is 475 g/mol. The second kappa shape index (κ2) is 11.8. The molecule has 0 aliphatic carbocycles. The predicted molar refractivity (Wildman–Crippen MR) is 143 cm³/mol. The third-order valence-electron chi connectivity index (χ3n) is 5.93. The zero-order valence-corrected chi connectivity index (χ0v) is 21.7. The van der Waals surface area contributed by atoms with Gasteiger partial charge in [0.1, 0.15) is 0 Å². The largest absolute Gasteiger partial charge is 0.345 e. The normalized spacial score (nSPS) is 13.1. The van der Waals surface area contributed by atoms with Crippen molar-refractivity contribution >= 4 is 29.3 Å². The number of carbonyl (C=O) groups is 1. The molecule has 0 radical (unpaired) electrons. The molecule has 1 unspecified atom stereocenters. The number of hydrogen-bond donors (Lipinski definition) is 1. The molecule has 0 aliphatic rings. The molecule has 0 spiro atoms. The number of carbonyl (C=O) groups excluding carboxylic acids is 1. The van der Waals surface area contributed by atoms with Crippen molar-refractivity contribution in [2.75, 3.05) is 6.26 Å². The number of aryl methyl sites for hydroxylation is 1. The third-order valence-corrected chi connectivity index (χ3v) is 6.57. The molecule has 3 rings (SSSR count). The molecule has 1 aromatic carbocycles. The van der Waals surface area contributed by atoms with Gasteiger partial charge in [0, 0.05) is 17.3 Å². The van der Waals surface area contributed by atoms with Gasteiger partial charge in [0.05, 0.1) is 28.6 Å². The summed E-state index contributed by atoms with van der Waals surface area (Å²) in [6.07, 6.45) is 11.3. The second-order valence-corrected chi connectivity index (χ2v) is 9.13. The van der Waals surface area contributed by atoms with Gasteiger partial charge in [-0.1, -0.05) is 43.2 Å². The minimum atomic E-state index is -0.107. The number of amides is 1. The first-order chi connectivity index (χ1) is 16.4. The van der Waals surface area contributed by atoms with Gasteiger partial charge in [-0.05, 0) is 75.8 Å². The molecule has 0 saturated carbocycles. The highest BCUT2D eigenvalue weighted by molar-refractivity contribution is 7.98. The molecule has 1 amide bonds. The van der Waals surface area contributed by atoms with Gasteiger partial charge in [-0.2, -0.15) is 5.10 Å². The highest BCUT2D eigenvalue weighted by Gasteiger charge is 2.22. The van der Waals surface area contributed by atoms with Crippen molar-refractivity contribution in [3.63, 3.8) is 0 Å². The van der Waals surface area contributed by atoms with Gasteiger partial charge in [0.2, 0.25) is 0 Å². The monoisotopic (exact) mass is 474 g/mol. The standard InChI is InChI=1S/C28H34N4OS/c1-7-19(4)16-26-24(18-30-32(26)22-12-10-20(5)11-13-22)23(8-2)28(33)31-25(9-3)21-14-15-29-27(17-21)34-6/h8,10-18,25H,7,9H2,1-6H3,(H,31,33)/b19-16+,23-8+. The molecule has 178 valence electrons. The molecule has 3 aromatic rings. The lowest BCUT2D eigenvalue weighted by atomic mass is 10.0. The molecular formula is C28H34N4OS. The van der Waals surface area contributed by atoms with Crippen molar-refractivity contribution in [1.82, 2.24) is 20.1 Å². The van der Waals surface area contributed by atoms with E-state index in [1.54, 1.807) is 24.2 Å². The lowest BCUT2D eigenvalue weighted by molar-refractivity contribution is -0.116. The van der Waals surface area contributed by atoms with E-state index in [1.165, 1.54) is 11.1 Å². The van der Waals surface area contributed by atoms with Crippen molar-refractivity contribution in [2.45, 2.75) is 58.5 Å². The number of pyridine rings is 1. The fraction of sp³-hybridized carbons (Fsp3) is 0.321. The Morgan fingerprint density at radius 1 is 1.21 bits per heavy atom. The number of benzene rings is 1. The smallest absolute Gasteiger partial charge is 0.252 e. The lowest BCUT2D eigenvalue weighted by Gasteiger charge is -2.19. The van der Waals surface area contributed by atoms with Crippen molar-refractivity contribution in [1.29, 1.82) is 0 Å². The summed E-state index contributed by atoms with van der Waals surface area (Å²) in [6, 6.07) is 12.2. The van der Waals surface area contributed by atoms with Crippen LogP contribution >= 0.6 is 11.8 Å². The Labute approximate surface area is 207 Å². The van der Waals surface area contributed by atoms with Gasteiger partial charge in [0.15, 0.2) is 0 Å². The lowest BCUT2D eigenvalue weighted by Crippen LogP contribution is -2.29. The molecular weight excluding hydrogens is 440 g/mol. The molecule has 2 heterocycles. The van der Waals surface area contributed by atoms with E-state index in [4.69, 9.17) is 0 Å². The molecule has 5 nitrogen and oxygen atoms in total. The van der Waals surface area contributed by atoms with E-state index in [0.717, 1.165) is 40.4 Å². The van der Waals surface area contributed by atoms with Gasteiger partial charge in [-0.15, -0.1) is 11.8 Å². The maximum atomic E-state index is 13.5. The SMILES string of the molecule is C/C=C(/C(=O)NC(CC)c1ccnc(SC)c1)c1cnn(-c2ccc(C)cc2)c1/C=C(\C)CC. The summed E-state index contributed by atoms with van der Waals surface area (Å²) in [4.78, 5) is 17.9. The molecule has 2 aromatic heterocycles. The number of aromatic nitrogens is 3. The van der Waals surface area contributed by atoms with Crippen LogP contribution in [-0.2, 0) is 4.79 Å². The molecule has 6 heteroatoms. The van der Waals surface area contributed by atoms with Crippen molar-refractivity contribution in [2.24, 2.45) is 0 Å². The molecule has 0 saturated heterocycles. The van der Waals surface area contributed by atoms with Crippen LogP contribution in [0.15, 0.2) is 65.5 Å². The summed E-state index contributed by atoms with van der Waals surface area (Å²) in [5.74, 6) is -0.107. The van der Waals surface area contributed by atoms with Gasteiger partial charge in [-0.25, -0.2) is 9.67 Å². The quantitative estimate of drug-likeness (QED) is 0.274. The van der Waals surface area contributed by atoms with Crippen molar-refractivity contribution in [3.05, 3.63) is 82.8 Å². The Balaban J connectivity index is 1.99. The van der Waals surface area contributed by atoms with Crippen LogP contribution in [0.5, 0.6) is 0 Å². The van der Waals surface area contributed by atoms with E-state index >= 15 is 0 Å². The van der Waals surface area contributed by atoms with Gasteiger partial charge in [-0.3, -0.25) is 4.79 Å². The number of hydrogen-bond acceptors (Lipinski definition) is 4. The average Bonchev–Trinajstić information content (AvgIpc) is 3.26. The number of nitrogens with one attached hydrogen (secondary N) is 1. The minimum absolute atomic E-state index is 0.0973. The Bertz CT molecular complexity index is 1190. The van der Waals surface area contributed by atoms with Crippen molar-refractivity contribution in [3.8, 4) is 5.69 Å². The van der Waals surface area contributed by atoms with Crippen LogP contribution in [0.25, 0.3) is 17.3 Å². The van der Waals surface area contributed by atoms with Crippen LogP contribution in [0.2, 0.25) is 0 Å². The fourth-order valence-corrected chi connectivity index (χ4v) is 4.17. The number of thioether (sulfide) groups is 1. The third kappa shape index (κ3) is 5.86. The number of nitrogens with zero attached hydrogens (tertiary/aromatic N) is 3. The topological polar surface area (TPSA) is 59.8 Å². The van der Waals surface area contributed by atoms with E-state index in [2.05, 4.69) is 73.4 Å². The molecule has 34 heavy (non-hydrogen) atoms. The van der Waals surface area contributed by atoms with Gasteiger partial charge in [0.25, 0.3) is 5.91 Å². The van der Waals surface area contributed by atoms with Crippen LogP contribution in [-0.4, -0.2) is 26.9 Å². The molecule has 1 atom stereocenters. The highest BCUT2D eigenvalue weighted by atomic mass is 32.2. The summed E-state index contributed by atoms with van der Waals surface area (Å²) in [6.45, 7) is 10.3. The maximum Gasteiger partial charge on any atom is 0.252 e. The van der Waals surface area contributed by atoms with Crippen LogP contribution in [0.1, 0.15) is 69.0 Å². The van der Waals surface area contributed by atoms with Crippen LogP contribution in [0.3, 0.4) is 0 Å². The zero-order chi connectivity index (χ0) is 24.7.